The molecule has 0 spiro atoms. The van der Waals surface area contributed by atoms with Crippen LogP contribution in [0.5, 0.6) is 0 Å². The summed E-state index contributed by atoms with van der Waals surface area (Å²) in [4.78, 5) is 3.94. The van der Waals surface area contributed by atoms with Crippen LogP contribution in [0.25, 0.3) is 0 Å². The summed E-state index contributed by atoms with van der Waals surface area (Å²) in [5.41, 5.74) is 2.80. The summed E-state index contributed by atoms with van der Waals surface area (Å²) in [6.07, 6.45) is 5.48. The summed E-state index contributed by atoms with van der Waals surface area (Å²) in [6, 6.07) is 2.23. The molecule has 2 aromatic heterocycles. The van der Waals surface area contributed by atoms with E-state index in [1.807, 2.05) is 0 Å². The maximum atomic E-state index is 12.2. The number of nitrogens with zero attached hydrogens (tertiary/aromatic N) is 4. The minimum atomic E-state index is -0.310. The molecular weight excluding hydrogens is 422 g/mol. The zero-order valence-corrected chi connectivity index (χ0v) is 17.7. The number of thioether (sulfide) groups is 1. The number of hydrogen-bond donors (Lipinski definition) is 1. The van der Waals surface area contributed by atoms with Crippen LogP contribution in [0.4, 0.5) is 5.88 Å². The van der Waals surface area contributed by atoms with Crippen LogP contribution in [-0.4, -0.2) is 30.6 Å². The van der Waals surface area contributed by atoms with Gasteiger partial charge in [-0.15, -0.1) is 11.8 Å². The summed E-state index contributed by atoms with van der Waals surface area (Å²) >= 11 is 2.79. The molecular formula is C17H20ClN5O3S2. The molecule has 0 aromatic carbocycles. The van der Waals surface area contributed by atoms with Gasteiger partial charge in [-0.2, -0.15) is 5.26 Å². The molecule has 0 saturated heterocycles. The van der Waals surface area contributed by atoms with Crippen molar-refractivity contribution in [3.05, 3.63) is 27.6 Å². The minimum Gasteiger partial charge on any atom is -1.00 e. The molecule has 1 aliphatic rings. The molecule has 0 bridgehead atoms. The molecule has 0 fully saturated rings. The molecule has 2 aromatic rings. The number of methoxy groups -OCH3 is 1. The van der Waals surface area contributed by atoms with Gasteiger partial charge in [-0.05, 0) is 47.4 Å². The number of rotatable bonds is 7. The fourth-order valence-electron chi connectivity index (χ4n) is 2.90. The van der Waals surface area contributed by atoms with E-state index in [-0.39, 0.29) is 29.9 Å². The van der Waals surface area contributed by atoms with Crippen molar-refractivity contribution < 1.29 is 36.9 Å². The number of nitriles is 1. The van der Waals surface area contributed by atoms with Gasteiger partial charge in [-0.3, -0.25) is 4.52 Å². The molecule has 0 atom stereocenters. The van der Waals surface area contributed by atoms with Crippen molar-refractivity contribution in [3.8, 4) is 6.07 Å². The first kappa shape index (κ1) is 22.4. The molecule has 11 heteroatoms. The molecule has 0 amide bonds. The van der Waals surface area contributed by atoms with Crippen molar-refractivity contribution in [1.29, 1.82) is 5.26 Å². The number of fused-ring (bicyclic) bond motifs is 1. The van der Waals surface area contributed by atoms with Gasteiger partial charge < -0.3 is 22.3 Å². The van der Waals surface area contributed by atoms with Crippen LogP contribution in [0, 0.1) is 11.3 Å². The van der Waals surface area contributed by atoms with Gasteiger partial charge in [0.05, 0.1) is 4.21 Å². The standard InChI is InChI=1S/C17H19N5O3S2.ClH/c1-24-7-6-22-9-15(25-21-22)20-14(23)10-26-17-12-5-3-2-4-11(12)13(8-18)16(19)27-17;/h9,19H,2-7,10H2,1H3;1H. The van der Waals surface area contributed by atoms with E-state index in [4.69, 9.17) is 14.7 Å². The Hall–Kier alpha value is -1.93. The Labute approximate surface area is 176 Å². The van der Waals surface area contributed by atoms with Gasteiger partial charge in [0.2, 0.25) is 11.8 Å². The normalized spacial score (nSPS) is 13.5. The fraction of sp³-hybridized carbons (Fsp3) is 0.471. The second-order valence-electron chi connectivity index (χ2n) is 6.00. The maximum Gasteiger partial charge on any atom is 0.320 e. The molecule has 0 saturated carbocycles. The van der Waals surface area contributed by atoms with E-state index in [9.17, 15) is 10.4 Å². The Balaban J connectivity index is 0.00000280. The Morgan fingerprint density at radius 3 is 2.96 bits per heavy atom. The van der Waals surface area contributed by atoms with Gasteiger partial charge in [0.25, 0.3) is 10.9 Å². The van der Waals surface area contributed by atoms with Gasteiger partial charge in [0.1, 0.15) is 18.2 Å². The van der Waals surface area contributed by atoms with Crippen molar-refractivity contribution in [1.82, 2.24) is 5.27 Å². The lowest BCUT2D eigenvalue weighted by Crippen LogP contribution is -3.00. The quantitative estimate of drug-likeness (QED) is 0.204. The van der Waals surface area contributed by atoms with Crippen LogP contribution in [0.1, 0.15) is 29.5 Å². The van der Waals surface area contributed by atoms with Crippen molar-refractivity contribution in [3.63, 3.8) is 0 Å². The van der Waals surface area contributed by atoms with E-state index in [1.165, 1.54) is 27.8 Å². The highest BCUT2D eigenvalue weighted by atomic mass is 35.5. The maximum absolute atomic E-state index is 12.2. The van der Waals surface area contributed by atoms with E-state index in [2.05, 4.69) is 16.3 Å². The van der Waals surface area contributed by atoms with E-state index >= 15 is 0 Å². The second-order valence-corrected chi connectivity index (χ2v) is 8.29. The Bertz CT molecular complexity index is 951. The average molecular weight is 442 g/mol. The number of aromatic nitrogens is 2. The number of ether oxygens (including phenoxy) is 1. The monoisotopic (exact) mass is 441 g/mol. The van der Waals surface area contributed by atoms with E-state index in [0.29, 0.717) is 23.4 Å². The summed E-state index contributed by atoms with van der Waals surface area (Å²) in [7, 11) is 1.60. The molecule has 28 heavy (non-hydrogen) atoms. The summed E-state index contributed by atoms with van der Waals surface area (Å²) in [5, 5.41) is 31.4. The minimum absolute atomic E-state index is 0. The molecule has 1 aliphatic carbocycles. The second kappa shape index (κ2) is 10.6. The van der Waals surface area contributed by atoms with Crippen LogP contribution in [0.15, 0.2) is 19.9 Å². The van der Waals surface area contributed by atoms with E-state index in [0.717, 1.165) is 41.0 Å². The molecule has 0 radical (unpaired) electrons. The summed E-state index contributed by atoms with van der Waals surface area (Å²) < 4.78 is 13.0. The SMILES string of the molecule is COCC[n+]1cc(/N=C(/[O-])CSc2sc(=[NH2+])c(C#N)c3c2CCCC3)on1.[Cl-]. The molecule has 0 aliphatic heterocycles. The Kier molecular flexibility index (Phi) is 8.44. The van der Waals surface area contributed by atoms with Gasteiger partial charge >= 0.3 is 5.88 Å². The van der Waals surface area contributed by atoms with Crippen LogP contribution in [0.2, 0.25) is 0 Å². The van der Waals surface area contributed by atoms with Crippen molar-refractivity contribution in [2.75, 3.05) is 19.5 Å². The predicted molar refractivity (Wildman–Crippen MR) is 97.1 cm³/mol. The fourth-order valence-corrected chi connectivity index (χ4v) is 5.12. The highest BCUT2D eigenvalue weighted by Crippen LogP contribution is 2.33. The van der Waals surface area contributed by atoms with Gasteiger partial charge in [-0.25, -0.2) is 10.4 Å². The highest BCUT2D eigenvalue weighted by Gasteiger charge is 2.21. The number of halogens is 1. The third-order valence-electron chi connectivity index (χ3n) is 4.16. The molecule has 2 N–H and O–H groups in total. The highest BCUT2D eigenvalue weighted by molar-refractivity contribution is 8.01. The van der Waals surface area contributed by atoms with Crippen LogP contribution >= 0.6 is 23.1 Å². The van der Waals surface area contributed by atoms with E-state index < -0.39 is 0 Å². The van der Waals surface area contributed by atoms with Gasteiger partial charge in [0, 0.05) is 12.9 Å². The molecule has 2 heterocycles. The third-order valence-corrected chi connectivity index (χ3v) is 6.52. The van der Waals surface area contributed by atoms with Crippen molar-refractivity contribution in [2.24, 2.45) is 4.99 Å². The summed E-state index contributed by atoms with van der Waals surface area (Å²) in [6.45, 7) is 1.02. The molecule has 150 valence electrons. The summed E-state index contributed by atoms with van der Waals surface area (Å²) in [5.74, 6) is 0.0315. The zero-order valence-electron chi connectivity index (χ0n) is 15.3. The average Bonchev–Trinajstić information content (AvgIpc) is 3.11. The Morgan fingerprint density at radius 1 is 1.50 bits per heavy atom. The number of hydrogen-bond acceptors (Lipinski definition) is 8. The van der Waals surface area contributed by atoms with Crippen molar-refractivity contribution in [2.45, 2.75) is 36.4 Å². The molecule has 8 nitrogen and oxygen atoms in total. The first-order chi connectivity index (χ1) is 13.1. The largest absolute Gasteiger partial charge is 1.00 e. The third kappa shape index (κ3) is 5.32. The molecule has 0 unspecified atom stereocenters. The number of nitrogens with two attached hydrogens (primary N) is 1. The van der Waals surface area contributed by atoms with Crippen molar-refractivity contribution >= 4 is 34.9 Å². The van der Waals surface area contributed by atoms with Crippen LogP contribution in [0.3, 0.4) is 0 Å². The first-order valence-electron chi connectivity index (χ1n) is 8.52. The lowest BCUT2D eigenvalue weighted by molar-refractivity contribution is -0.763. The van der Waals surface area contributed by atoms with Crippen LogP contribution in [-0.2, 0) is 24.1 Å². The predicted octanol–water partition coefficient (Wildman–Crippen LogP) is -3.73. The smallest absolute Gasteiger partial charge is 0.320 e. The number of aliphatic imine (C=N–C) groups is 1. The van der Waals surface area contributed by atoms with Crippen LogP contribution < -0.4 is 32.3 Å². The Morgan fingerprint density at radius 2 is 2.25 bits per heavy atom. The van der Waals surface area contributed by atoms with Gasteiger partial charge in [-0.1, -0.05) is 11.3 Å². The zero-order chi connectivity index (χ0) is 19.2. The first-order valence-corrected chi connectivity index (χ1v) is 10.3. The van der Waals surface area contributed by atoms with Gasteiger partial charge in [0.15, 0.2) is 0 Å². The topological polar surface area (TPSA) is 124 Å². The lowest BCUT2D eigenvalue weighted by Gasteiger charge is -2.19. The lowest BCUT2D eigenvalue weighted by atomic mass is 9.91. The molecule has 3 rings (SSSR count). The van der Waals surface area contributed by atoms with E-state index in [1.54, 1.807) is 13.3 Å².